The van der Waals surface area contributed by atoms with Gasteiger partial charge in [0.25, 0.3) is 11.8 Å². The molecular weight excluding hydrogens is 392 g/mol. The molecule has 0 aliphatic rings. The van der Waals surface area contributed by atoms with Crippen LogP contribution in [0.1, 0.15) is 15.9 Å². The Hall–Kier alpha value is -3.88. The van der Waals surface area contributed by atoms with E-state index in [1.165, 1.54) is 53.8 Å². The predicted octanol–water partition coefficient (Wildman–Crippen LogP) is 2.20. The lowest BCUT2D eigenvalue weighted by atomic mass is 10.1. The van der Waals surface area contributed by atoms with Crippen LogP contribution >= 0.6 is 0 Å². The highest BCUT2D eigenvalue weighted by Gasteiger charge is 2.17. The van der Waals surface area contributed by atoms with Crippen LogP contribution in [0.25, 0.3) is 6.08 Å². The van der Waals surface area contributed by atoms with Crippen LogP contribution in [-0.4, -0.2) is 47.4 Å². The van der Waals surface area contributed by atoms with Gasteiger partial charge < -0.3 is 23.7 Å². The Morgan fingerprint density at radius 2 is 1.30 bits per heavy atom. The summed E-state index contributed by atoms with van der Waals surface area (Å²) in [5.41, 5.74) is 5.55. The number of methoxy groups -OCH3 is 5. The molecule has 0 unspecified atom stereocenters. The zero-order valence-electron chi connectivity index (χ0n) is 17.4. The minimum Gasteiger partial charge on any atom is -0.497 e. The summed E-state index contributed by atoms with van der Waals surface area (Å²) in [6.07, 6.45) is 2.83. The van der Waals surface area contributed by atoms with E-state index in [0.717, 1.165) is 0 Å². The van der Waals surface area contributed by atoms with Crippen molar-refractivity contribution in [2.24, 2.45) is 0 Å². The van der Waals surface area contributed by atoms with Crippen LogP contribution in [0.3, 0.4) is 0 Å². The van der Waals surface area contributed by atoms with Gasteiger partial charge in [0.2, 0.25) is 5.75 Å². The van der Waals surface area contributed by atoms with Crippen molar-refractivity contribution in [1.82, 2.24) is 10.9 Å². The number of hydrogen-bond donors (Lipinski definition) is 2. The molecule has 0 heterocycles. The van der Waals surface area contributed by atoms with Gasteiger partial charge >= 0.3 is 0 Å². The van der Waals surface area contributed by atoms with Gasteiger partial charge in [-0.3, -0.25) is 20.4 Å². The number of carbonyl (C=O) groups is 2. The van der Waals surface area contributed by atoms with Crippen LogP contribution in [0.15, 0.2) is 36.4 Å². The van der Waals surface area contributed by atoms with Crippen molar-refractivity contribution in [3.63, 3.8) is 0 Å². The number of carbonyl (C=O) groups excluding carboxylic acids is 2. The maximum atomic E-state index is 12.4. The maximum Gasteiger partial charge on any atom is 0.269 e. The minimum absolute atomic E-state index is 0.214. The standard InChI is InChI=1S/C21H24N2O7/c1-26-15-8-13(9-16(12-15)27-2)6-7-19(24)22-23-21(25)14-10-17(28-3)20(30-5)18(11-14)29-4/h6-12H,1-5H3,(H,22,24)(H,23,25)/b7-6+. The summed E-state index contributed by atoms with van der Waals surface area (Å²) in [5, 5.41) is 0. The highest BCUT2D eigenvalue weighted by Crippen LogP contribution is 2.38. The monoisotopic (exact) mass is 416 g/mol. The van der Waals surface area contributed by atoms with E-state index in [0.29, 0.717) is 34.3 Å². The first-order valence-corrected chi connectivity index (χ1v) is 8.77. The summed E-state index contributed by atoms with van der Waals surface area (Å²) in [7, 11) is 7.42. The van der Waals surface area contributed by atoms with E-state index < -0.39 is 11.8 Å². The van der Waals surface area contributed by atoms with Crippen molar-refractivity contribution in [3.05, 3.63) is 47.5 Å². The fourth-order valence-corrected chi connectivity index (χ4v) is 2.54. The molecule has 9 nitrogen and oxygen atoms in total. The molecule has 0 saturated heterocycles. The van der Waals surface area contributed by atoms with Crippen molar-refractivity contribution in [2.45, 2.75) is 0 Å². The van der Waals surface area contributed by atoms with E-state index in [-0.39, 0.29) is 5.56 Å². The fraction of sp³-hybridized carbons (Fsp3) is 0.238. The summed E-state index contributed by atoms with van der Waals surface area (Å²) < 4.78 is 26.0. The number of amides is 2. The van der Waals surface area contributed by atoms with Gasteiger partial charge in [-0.2, -0.15) is 0 Å². The fourth-order valence-electron chi connectivity index (χ4n) is 2.54. The Labute approximate surface area is 174 Å². The summed E-state index contributed by atoms with van der Waals surface area (Å²) >= 11 is 0. The van der Waals surface area contributed by atoms with Gasteiger partial charge in [0.15, 0.2) is 11.5 Å². The van der Waals surface area contributed by atoms with E-state index in [2.05, 4.69) is 10.9 Å². The van der Waals surface area contributed by atoms with Gasteiger partial charge in [-0.1, -0.05) is 0 Å². The van der Waals surface area contributed by atoms with Crippen LogP contribution in [-0.2, 0) is 4.79 Å². The molecule has 0 aliphatic carbocycles. The van der Waals surface area contributed by atoms with Crippen molar-refractivity contribution in [3.8, 4) is 28.7 Å². The lowest BCUT2D eigenvalue weighted by Gasteiger charge is -2.14. The molecular formula is C21H24N2O7. The molecule has 2 amide bonds. The first kappa shape index (κ1) is 22.4. The van der Waals surface area contributed by atoms with E-state index in [1.807, 2.05) is 0 Å². The largest absolute Gasteiger partial charge is 0.497 e. The van der Waals surface area contributed by atoms with Gasteiger partial charge in [-0.15, -0.1) is 0 Å². The second kappa shape index (κ2) is 10.6. The van der Waals surface area contributed by atoms with Crippen LogP contribution in [0.2, 0.25) is 0 Å². The van der Waals surface area contributed by atoms with Gasteiger partial charge in [0.1, 0.15) is 11.5 Å². The number of benzene rings is 2. The first-order valence-electron chi connectivity index (χ1n) is 8.77. The van der Waals surface area contributed by atoms with Crippen LogP contribution in [0.5, 0.6) is 28.7 Å². The minimum atomic E-state index is -0.556. The van der Waals surface area contributed by atoms with Crippen molar-refractivity contribution in [1.29, 1.82) is 0 Å². The molecule has 0 aromatic heterocycles. The van der Waals surface area contributed by atoms with Crippen molar-refractivity contribution in [2.75, 3.05) is 35.5 Å². The third kappa shape index (κ3) is 5.57. The highest BCUT2D eigenvalue weighted by molar-refractivity contribution is 5.98. The SMILES string of the molecule is COc1cc(/C=C/C(=O)NNC(=O)c2cc(OC)c(OC)c(OC)c2)cc(OC)c1. The maximum absolute atomic E-state index is 12.4. The summed E-state index contributed by atoms with van der Waals surface area (Å²) in [6.45, 7) is 0. The van der Waals surface area contributed by atoms with Crippen LogP contribution in [0, 0.1) is 0 Å². The third-order valence-corrected chi connectivity index (χ3v) is 4.03. The molecule has 160 valence electrons. The lowest BCUT2D eigenvalue weighted by molar-refractivity contribution is -0.117. The van der Waals surface area contributed by atoms with E-state index in [9.17, 15) is 9.59 Å². The molecule has 0 saturated carbocycles. The van der Waals surface area contributed by atoms with E-state index in [4.69, 9.17) is 23.7 Å². The molecule has 0 atom stereocenters. The van der Waals surface area contributed by atoms with Crippen LogP contribution in [0.4, 0.5) is 0 Å². The Bertz CT molecular complexity index is 894. The van der Waals surface area contributed by atoms with Crippen LogP contribution < -0.4 is 34.5 Å². The summed E-state index contributed by atoms with van der Waals surface area (Å²) in [5.74, 6) is 1.09. The van der Waals surface area contributed by atoms with Gasteiger partial charge in [-0.05, 0) is 35.9 Å². The average molecular weight is 416 g/mol. The molecule has 0 spiro atoms. The Balaban J connectivity index is 2.06. The van der Waals surface area contributed by atoms with Gasteiger partial charge in [0, 0.05) is 17.7 Å². The Morgan fingerprint density at radius 1 is 0.733 bits per heavy atom. The average Bonchev–Trinajstić information content (AvgIpc) is 2.79. The van der Waals surface area contributed by atoms with E-state index in [1.54, 1.807) is 24.3 Å². The molecule has 2 N–H and O–H groups in total. The topological polar surface area (TPSA) is 104 Å². The molecule has 2 aromatic rings. The molecule has 0 radical (unpaired) electrons. The number of ether oxygens (including phenoxy) is 5. The second-order valence-corrected chi connectivity index (χ2v) is 5.84. The highest BCUT2D eigenvalue weighted by atomic mass is 16.5. The zero-order chi connectivity index (χ0) is 22.1. The summed E-state index contributed by atoms with van der Waals surface area (Å²) in [6, 6.07) is 8.14. The molecule has 30 heavy (non-hydrogen) atoms. The smallest absolute Gasteiger partial charge is 0.269 e. The quantitative estimate of drug-likeness (QED) is 0.502. The Morgan fingerprint density at radius 3 is 1.77 bits per heavy atom. The molecule has 2 rings (SSSR count). The molecule has 2 aromatic carbocycles. The lowest BCUT2D eigenvalue weighted by Crippen LogP contribution is -2.40. The molecule has 9 heteroatoms. The Kier molecular flexibility index (Phi) is 7.92. The van der Waals surface area contributed by atoms with E-state index >= 15 is 0 Å². The third-order valence-electron chi connectivity index (χ3n) is 4.03. The zero-order valence-corrected chi connectivity index (χ0v) is 17.4. The number of rotatable bonds is 8. The number of hydrazine groups is 1. The van der Waals surface area contributed by atoms with Crippen molar-refractivity contribution >= 4 is 17.9 Å². The van der Waals surface area contributed by atoms with Gasteiger partial charge in [0.05, 0.1) is 35.5 Å². The van der Waals surface area contributed by atoms with Crippen molar-refractivity contribution < 1.29 is 33.3 Å². The number of nitrogens with one attached hydrogen (secondary N) is 2. The van der Waals surface area contributed by atoms with Gasteiger partial charge in [-0.25, -0.2) is 0 Å². The molecule has 0 aliphatic heterocycles. The predicted molar refractivity (Wildman–Crippen MR) is 110 cm³/mol. The second-order valence-electron chi connectivity index (χ2n) is 5.84. The molecule has 0 bridgehead atoms. The molecule has 0 fully saturated rings. The first-order chi connectivity index (χ1) is 14.4. The number of hydrogen-bond acceptors (Lipinski definition) is 7. The summed E-state index contributed by atoms with van der Waals surface area (Å²) in [4.78, 5) is 24.5. The normalized spacial score (nSPS) is 10.3.